The van der Waals surface area contributed by atoms with E-state index in [9.17, 15) is 29.4 Å². The van der Waals surface area contributed by atoms with Crippen LogP contribution in [0.1, 0.15) is 30.4 Å². The number of aromatic nitrogens is 2. The number of H-pyrrole nitrogens is 2. The number of nitrogens with one attached hydrogen (secondary N) is 5. The summed E-state index contributed by atoms with van der Waals surface area (Å²) >= 11 is 0. The predicted octanol–water partition coefficient (Wildman–Crippen LogP) is 0.422. The van der Waals surface area contributed by atoms with E-state index in [1.807, 2.05) is 48.5 Å². The Morgan fingerprint density at radius 2 is 1.20 bits per heavy atom. The number of carboxylic acid groups (broad SMARTS) is 1. The highest BCUT2D eigenvalue weighted by Gasteiger charge is 2.31. The molecule has 4 rings (SSSR count). The Balaban J connectivity index is 1.62. The van der Waals surface area contributed by atoms with Crippen molar-refractivity contribution in [3.8, 4) is 0 Å². The molecule has 0 saturated carbocycles. The van der Waals surface area contributed by atoms with E-state index in [4.69, 9.17) is 11.5 Å². The fourth-order valence-corrected chi connectivity index (χ4v) is 5.12. The van der Waals surface area contributed by atoms with Crippen LogP contribution in [0.25, 0.3) is 21.8 Å². The maximum absolute atomic E-state index is 13.8. The zero-order valence-electron chi connectivity index (χ0n) is 24.2. The van der Waals surface area contributed by atoms with Gasteiger partial charge in [-0.25, -0.2) is 4.79 Å². The molecule has 3 amide bonds. The highest BCUT2D eigenvalue weighted by Crippen LogP contribution is 2.21. The number of para-hydroxylation sites is 2. The zero-order chi connectivity index (χ0) is 31.6. The molecule has 0 aliphatic carbocycles. The number of carbonyl (C=O) groups is 4. The molecule has 0 radical (unpaired) electrons. The highest BCUT2D eigenvalue weighted by atomic mass is 16.4. The van der Waals surface area contributed by atoms with Gasteiger partial charge in [0.15, 0.2) is 0 Å². The van der Waals surface area contributed by atoms with Gasteiger partial charge in [0.05, 0.1) is 6.61 Å². The number of carboxylic acids is 1. The molecule has 234 valence electrons. The third-order valence-electron chi connectivity index (χ3n) is 7.56. The van der Waals surface area contributed by atoms with Gasteiger partial charge in [0.2, 0.25) is 17.7 Å². The first kappa shape index (κ1) is 32.2. The van der Waals surface area contributed by atoms with Gasteiger partial charge in [0.25, 0.3) is 0 Å². The van der Waals surface area contributed by atoms with Crippen molar-refractivity contribution in [2.24, 2.45) is 11.5 Å². The van der Waals surface area contributed by atoms with Gasteiger partial charge in [-0.15, -0.1) is 0 Å². The standard InChI is InChI=1S/C31H39N7O6/c32-12-6-5-11-25(31(43)44)36-29(41)27(14-19-16-35-24-10-4-2-8-21(19)24)38-30(42)26(37-28(40)22(33)17-39)13-18-15-34-23-9-3-1-7-20(18)23/h1-4,7-10,15-16,22,25-27,34-35,39H,5-6,11-14,17,32-33H2,(H,36,41)(H,37,40)(H,38,42)(H,43,44). The molecule has 4 unspecified atom stereocenters. The highest BCUT2D eigenvalue weighted by molar-refractivity contribution is 5.95. The Morgan fingerprint density at radius 3 is 1.68 bits per heavy atom. The lowest BCUT2D eigenvalue weighted by molar-refractivity contribution is -0.142. The second kappa shape index (κ2) is 15.1. The third-order valence-corrected chi connectivity index (χ3v) is 7.56. The van der Waals surface area contributed by atoms with Crippen molar-refractivity contribution in [3.05, 3.63) is 72.1 Å². The average Bonchev–Trinajstić information content (AvgIpc) is 3.63. The SMILES string of the molecule is NCCCCC(NC(=O)C(Cc1c[nH]c2ccccc12)NC(=O)C(Cc1c[nH]c2ccccc12)NC(=O)C(N)CO)C(=O)O. The summed E-state index contributed by atoms with van der Waals surface area (Å²) in [6, 6.07) is 10.1. The molecule has 0 saturated heterocycles. The number of hydrogen-bond donors (Lipinski definition) is 9. The van der Waals surface area contributed by atoms with Crippen molar-refractivity contribution in [1.29, 1.82) is 0 Å². The van der Waals surface area contributed by atoms with Gasteiger partial charge in [0.1, 0.15) is 24.2 Å². The molecule has 44 heavy (non-hydrogen) atoms. The van der Waals surface area contributed by atoms with Crippen LogP contribution in [0.3, 0.4) is 0 Å². The molecule has 4 atom stereocenters. The number of aromatic amines is 2. The summed E-state index contributed by atoms with van der Waals surface area (Å²) in [6.07, 6.45) is 4.83. The van der Waals surface area contributed by atoms with Crippen LogP contribution in [-0.4, -0.2) is 81.2 Å². The van der Waals surface area contributed by atoms with Gasteiger partial charge in [-0.1, -0.05) is 36.4 Å². The maximum atomic E-state index is 13.8. The number of aliphatic hydroxyl groups is 1. The van der Waals surface area contributed by atoms with Crippen LogP contribution < -0.4 is 27.4 Å². The first-order valence-electron chi connectivity index (χ1n) is 14.5. The van der Waals surface area contributed by atoms with E-state index in [0.717, 1.165) is 32.9 Å². The number of rotatable bonds is 16. The van der Waals surface area contributed by atoms with Gasteiger partial charge in [-0.05, 0) is 49.1 Å². The summed E-state index contributed by atoms with van der Waals surface area (Å²) in [6.45, 7) is -0.234. The molecule has 0 bridgehead atoms. The normalized spacial score (nSPS) is 14.1. The largest absolute Gasteiger partial charge is 0.480 e. The molecule has 13 heteroatoms. The van der Waals surface area contributed by atoms with Crippen LogP contribution in [0, 0.1) is 0 Å². The van der Waals surface area contributed by atoms with E-state index < -0.39 is 54.5 Å². The van der Waals surface area contributed by atoms with Crippen LogP contribution in [0.4, 0.5) is 0 Å². The average molecular weight is 606 g/mol. The van der Waals surface area contributed by atoms with E-state index in [0.29, 0.717) is 19.4 Å². The van der Waals surface area contributed by atoms with Crippen molar-refractivity contribution in [2.45, 2.75) is 56.3 Å². The number of hydrogen-bond acceptors (Lipinski definition) is 7. The molecule has 0 aliphatic heterocycles. The minimum absolute atomic E-state index is 0.0423. The van der Waals surface area contributed by atoms with E-state index >= 15 is 0 Å². The number of aliphatic hydroxyl groups excluding tert-OH is 1. The fraction of sp³-hybridized carbons (Fsp3) is 0.355. The number of benzene rings is 2. The van der Waals surface area contributed by atoms with E-state index in [-0.39, 0.29) is 19.3 Å². The molecule has 0 spiro atoms. The quantitative estimate of drug-likeness (QED) is 0.0811. The van der Waals surface area contributed by atoms with Gasteiger partial charge in [0, 0.05) is 47.0 Å². The number of aliphatic carboxylic acids is 1. The predicted molar refractivity (Wildman–Crippen MR) is 165 cm³/mol. The van der Waals surface area contributed by atoms with Crippen molar-refractivity contribution in [1.82, 2.24) is 25.9 Å². The Hall–Kier alpha value is -4.72. The Bertz CT molecular complexity index is 1600. The second-order valence-corrected chi connectivity index (χ2v) is 10.7. The lowest BCUT2D eigenvalue weighted by Crippen LogP contribution is -2.58. The summed E-state index contributed by atoms with van der Waals surface area (Å²) in [4.78, 5) is 58.4. The van der Waals surface area contributed by atoms with Gasteiger partial charge in [-0.3, -0.25) is 14.4 Å². The van der Waals surface area contributed by atoms with E-state index in [2.05, 4.69) is 25.9 Å². The van der Waals surface area contributed by atoms with Crippen LogP contribution in [0.15, 0.2) is 60.9 Å². The Kier molecular flexibility index (Phi) is 11.1. The maximum Gasteiger partial charge on any atom is 0.326 e. The topological polar surface area (TPSA) is 228 Å². The monoisotopic (exact) mass is 605 g/mol. The van der Waals surface area contributed by atoms with Crippen molar-refractivity contribution < 1.29 is 29.4 Å². The lowest BCUT2D eigenvalue weighted by Gasteiger charge is -2.25. The molecule has 0 aliphatic rings. The summed E-state index contributed by atoms with van der Waals surface area (Å²) in [5.74, 6) is -3.30. The van der Waals surface area contributed by atoms with Gasteiger partial charge in [-0.2, -0.15) is 0 Å². The lowest BCUT2D eigenvalue weighted by atomic mass is 10.0. The van der Waals surface area contributed by atoms with Crippen LogP contribution in [0.5, 0.6) is 0 Å². The molecular formula is C31H39N7O6. The van der Waals surface area contributed by atoms with Crippen LogP contribution in [-0.2, 0) is 32.0 Å². The molecule has 11 N–H and O–H groups in total. The Morgan fingerprint density at radius 1 is 0.727 bits per heavy atom. The number of nitrogens with two attached hydrogens (primary N) is 2. The fourth-order valence-electron chi connectivity index (χ4n) is 5.12. The van der Waals surface area contributed by atoms with Crippen molar-refractivity contribution in [2.75, 3.05) is 13.2 Å². The third kappa shape index (κ3) is 8.01. The number of unbranched alkanes of at least 4 members (excludes halogenated alkanes) is 1. The van der Waals surface area contributed by atoms with Gasteiger partial charge < -0.3 is 47.6 Å². The molecule has 2 aromatic heterocycles. The first-order valence-corrected chi connectivity index (χ1v) is 14.5. The summed E-state index contributed by atoms with van der Waals surface area (Å²) in [7, 11) is 0. The molecule has 13 nitrogen and oxygen atoms in total. The second-order valence-electron chi connectivity index (χ2n) is 10.7. The summed E-state index contributed by atoms with van der Waals surface area (Å²) in [5, 5.41) is 28.8. The molecule has 0 fully saturated rings. The van der Waals surface area contributed by atoms with Crippen LogP contribution in [0.2, 0.25) is 0 Å². The van der Waals surface area contributed by atoms with E-state index in [1.165, 1.54) is 0 Å². The first-order chi connectivity index (χ1) is 21.2. The van der Waals surface area contributed by atoms with Crippen LogP contribution >= 0.6 is 0 Å². The van der Waals surface area contributed by atoms with Gasteiger partial charge >= 0.3 is 5.97 Å². The molecule has 2 aromatic carbocycles. The molecule has 4 aromatic rings. The number of fused-ring (bicyclic) bond motifs is 2. The smallest absolute Gasteiger partial charge is 0.326 e. The number of amides is 3. The summed E-state index contributed by atoms with van der Waals surface area (Å²) < 4.78 is 0. The number of carbonyl (C=O) groups excluding carboxylic acids is 3. The molecular weight excluding hydrogens is 566 g/mol. The Labute approximate surface area is 253 Å². The van der Waals surface area contributed by atoms with Crippen molar-refractivity contribution >= 4 is 45.5 Å². The minimum atomic E-state index is -1.26. The molecule has 2 heterocycles. The van der Waals surface area contributed by atoms with Crippen molar-refractivity contribution in [3.63, 3.8) is 0 Å². The zero-order valence-corrected chi connectivity index (χ0v) is 24.2. The summed E-state index contributed by atoms with van der Waals surface area (Å²) in [5.41, 5.74) is 14.4. The minimum Gasteiger partial charge on any atom is -0.480 e. The van der Waals surface area contributed by atoms with E-state index in [1.54, 1.807) is 12.4 Å².